The smallest absolute Gasteiger partial charge is 0.414 e. The van der Waals surface area contributed by atoms with Crippen molar-refractivity contribution in [3.05, 3.63) is 11.8 Å². The molecule has 5 atom stereocenters. The number of carbonyl (C=O) groups is 4. The van der Waals surface area contributed by atoms with Crippen LogP contribution >= 0.6 is 0 Å². The topological polar surface area (TPSA) is 214 Å². The molecule has 0 unspecified atom stereocenters. The van der Waals surface area contributed by atoms with E-state index in [1.807, 2.05) is 0 Å². The van der Waals surface area contributed by atoms with Crippen molar-refractivity contribution in [2.45, 2.75) is 90.1 Å². The molecule has 1 aliphatic heterocycles. The van der Waals surface area contributed by atoms with Gasteiger partial charge in [0.2, 0.25) is 17.6 Å². The highest BCUT2D eigenvalue weighted by molar-refractivity contribution is 6.01. The van der Waals surface area contributed by atoms with Crippen LogP contribution in [0.25, 0.3) is 0 Å². The quantitative estimate of drug-likeness (QED) is 0.185. The number of carboxylic acids is 1. The molecule has 38 heavy (non-hydrogen) atoms. The molecular weight excluding hydrogens is 508 g/mol. The average Bonchev–Trinajstić information content (AvgIpc) is 2.72. The molecule has 6 N–H and O–H groups in total. The van der Waals surface area contributed by atoms with E-state index in [9.17, 15) is 34.5 Å². The first-order valence-corrected chi connectivity index (χ1v) is 11.6. The number of rotatable bonds is 7. The van der Waals surface area contributed by atoms with Gasteiger partial charge in [0, 0.05) is 14.0 Å². The van der Waals surface area contributed by atoms with Gasteiger partial charge in [0.05, 0.1) is 18.7 Å². The van der Waals surface area contributed by atoms with Crippen molar-refractivity contribution in [2.75, 3.05) is 13.7 Å². The molecule has 0 aliphatic carbocycles. The molecule has 1 heterocycles. The van der Waals surface area contributed by atoms with Crippen molar-refractivity contribution < 1.29 is 53.4 Å². The number of aliphatic hydroxyl groups is 2. The molecule has 1 rings (SSSR count). The Bertz CT molecular complexity index is 905. The summed E-state index contributed by atoms with van der Waals surface area (Å²) in [5, 5.41) is 36.4. The Morgan fingerprint density at radius 3 is 1.92 bits per heavy atom. The first kappa shape index (κ1) is 32.6. The normalized spacial score (nSPS) is 21.0. The number of nitrogens with one attached hydrogen (secondary N) is 3. The number of alkyl carbamates (subject to hydrolysis) is 2. The number of amides is 3. The van der Waals surface area contributed by atoms with Crippen LogP contribution in [0.3, 0.4) is 0 Å². The zero-order valence-corrected chi connectivity index (χ0v) is 22.7. The molecule has 3 amide bonds. The monoisotopic (exact) mass is 546 g/mol. The van der Waals surface area contributed by atoms with Crippen molar-refractivity contribution in [1.82, 2.24) is 16.0 Å². The van der Waals surface area contributed by atoms with E-state index in [1.54, 1.807) is 41.5 Å². The van der Waals surface area contributed by atoms with Gasteiger partial charge < -0.3 is 39.6 Å². The Labute approximate surface area is 220 Å². The van der Waals surface area contributed by atoms with Gasteiger partial charge in [0.1, 0.15) is 23.4 Å². The standard InChI is InChI=1S/C23H38N4O11/c1-11(29)24-15-12(9-14(18(31)32)36-17(15)16(35-8)13(30)10-28)25-19(26-20(33)37-22(2,3)4)27-21(34)38-23(5,6)7/h9,12-13,15-17,28,30H,10H2,1-8H3,(H,24,29)(H,31,32)(H2,25,26,27,33,34)/t12-,13+,15+,16+,17+/m0/s1. The maximum absolute atomic E-state index is 12.5. The first-order chi connectivity index (χ1) is 17.4. The molecule has 0 radical (unpaired) electrons. The second-order valence-corrected chi connectivity index (χ2v) is 10.3. The van der Waals surface area contributed by atoms with E-state index < -0.39 is 84.0 Å². The Kier molecular flexibility index (Phi) is 11.5. The highest BCUT2D eigenvalue weighted by Crippen LogP contribution is 2.26. The fraction of sp³-hybridized carbons (Fsp3) is 0.696. The molecule has 15 nitrogen and oxygen atoms in total. The molecule has 0 spiro atoms. The van der Waals surface area contributed by atoms with Crippen molar-refractivity contribution in [3.8, 4) is 0 Å². The zero-order valence-electron chi connectivity index (χ0n) is 22.7. The summed E-state index contributed by atoms with van der Waals surface area (Å²) in [6.45, 7) is 10.1. The van der Waals surface area contributed by atoms with E-state index in [0.717, 1.165) is 6.08 Å². The number of hydrogen-bond donors (Lipinski definition) is 6. The van der Waals surface area contributed by atoms with Gasteiger partial charge in [0.15, 0.2) is 6.10 Å². The summed E-state index contributed by atoms with van der Waals surface area (Å²) in [5.41, 5.74) is -1.82. The van der Waals surface area contributed by atoms with Gasteiger partial charge in [-0.25, -0.2) is 19.4 Å². The lowest BCUT2D eigenvalue weighted by Gasteiger charge is -2.40. The summed E-state index contributed by atoms with van der Waals surface area (Å²) in [7, 11) is 1.19. The van der Waals surface area contributed by atoms with Gasteiger partial charge in [-0.05, 0) is 47.6 Å². The molecule has 0 aromatic carbocycles. The molecule has 0 saturated carbocycles. The summed E-state index contributed by atoms with van der Waals surface area (Å²) in [5.74, 6) is -3.20. The first-order valence-electron chi connectivity index (χ1n) is 11.6. The third kappa shape index (κ3) is 10.9. The highest BCUT2D eigenvalue weighted by Gasteiger charge is 2.45. The van der Waals surface area contributed by atoms with Gasteiger partial charge in [-0.3, -0.25) is 15.4 Å². The van der Waals surface area contributed by atoms with Gasteiger partial charge in [-0.15, -0.1) is 0 Å². The van der Waals surface area contributed by atoms with Crippen molar-refractivity contribution in [1.29, 1.82) is 0 Å². The van der Waals surface area contributed by atoms with Gasteiger partial charge in [-0.2, -0.15) is 0 Å². The van der Waals surface area contributed by atoms with Crippen LogP contribution in [-0.2, 0) is 28.5 Å². The number of nitrogens with zero attached hydrogens (tertiary/aromatic N) is 1. The molecule has 0 saturated heterocycles. The second-order valence-electron chi connectivity index (χ2n) is 10.3. The van der Waals surface area contributed by atoms with Crippen LogP contribution in [-0.4, -0.2) is 101 Å². The molecule has 216 valence electrons. The predicted octanol–water partition coefficient (Wildman–Crippen LogP) is 0.000600. The van der Waals surface area contributed by atoms with Crippen molar-refractivity contribution in [2.24, 2.45) is 4.99 Å². The summed E-state index contributed by atoms with van der Waals surface area (Å²) < 4.78 is 21.2. The van der Waals surface area contributed by atoms with E-state index >= 15 is 0 Å². The Morgan fingerprint density at radius 1 is 1.05 bits per heavy atom. The van der Waals surface area contributed by atoms with Crippen LogP contribution in [0.4, 0.5) is 9.59 Å². The van der Waals surface area contributed by atoms with Gasteiger partial charge >= 0.3 is 18.2 Å². The Balaban J connectivity index is 3.62. The molecule has 0 bridgehead atoms. The van der Waals surface area contributed by atoms with E-state index in [1.165, 1.54) is 14.0 Å². The number of ether oxygens (including phenoxy) is 4. The fourth-order valence-corrected chi connectivity index (χ4v) is 3.28. The minimum absolute atomic E-state index is 0.493. The minimum atomic E-state index is -1.53. The Hall–Kier alpha value is -3.43. The molecule has 0 aromatic heterocycles. The third-order valence-electron chi connectivity index (χ3n) is 4.57. The predicted molar refractivity (Wildman–Crippen MR) is 132 cm³/mol. The number of aliphatic carboxylic acids is 1. The van der Waals surface area contributed by atoms with E-state index in [2.05, 4.69) is 20.9 Å². The van der Waals surface area contributed by atoms with Crippen LogP contribution in [0.15, 0.2) is 16.8 Å². The number of carbonyl (C=O) groups excluding carboxylic acids is 3. The van der Waals surface area contributed by atoms with E-state index in [-0.39, 0.29) is 0 Å². The number of methoxy groups -OCH3 is 1. The summed E-state index contributed by atoms with van der Waals surface area (Å²) >= 11 is 0. The fourth-order valence-electron chi connectivity index (χ4n) is 3.28. The molecule has 15 heteroatoms. The maximum Gasteiger partial charge on any atom is 0.414 e. The summed E-state index contributed by atoms with van der Waals surface area (Å²) in [6, 6.07) is -2.50. The molecule has 0 fully saturated rings. The van der Waals surface area contributed by atoms with E-state index in [0.29, 0.717) is 0 Å². The summed E-state index contributed by atoms with van der Waals surface area (Å²) in [4.78, 5) is 53.0. The lowest BCUT2D eigenvalue weighted by molar-refractivity contribution is -0.149. The second kappa shape index (κ2) is 13.4. The lowest BCUT2D eigenvalue weighted by Crippen LogP contribution is -2.60. The highest BCUT2D eigenvalue weighted by atomic mass is 16.6. The number of aliphatic hydroxyl groups excluding tert-OH is 2. The number of aliphatic imine (C=N–C) groups is 1. The molecule has 1 aliphatic rings. The number of hydrogen-bond acceptors (Lipinski definition) is 11. The van der Waals surface area contributed by atoms with Crippen molar-refractivity contribution >= 4 is 30.0 Å². The number of guanidine groups is 1. The minimum Gasteiger partial charge on any atom is -0.478 e. The summed E-state index contributed by atoms with van der Waals surface area (Å²) in [6.07, 6.45) is -5.19. The lowest BCUT2D eigenvalue weighted by atomic mass is 9.92. The molecular formula is C23H38N4O11. The van der Waals surface area contributed by atoms with Crippen LogP contribution in [0.1, 0.15) is 48.5 Å². The van der Waals surface area contributed by atoms with Crippen LogP contribution in [0.5, 0.6) is 0 Å². The average molecular weight is 547 g/mol. The van der Waals surface area contributed by atoms with Crippen LogP contribution in [0.2, 0.25) is 0 Å². The SMILES string of the molecule is CO[C@@H]([C@@H]1OC(C(=O)O)=C[C@H](N=C(NC(=O)OC(C)(C)C)NC(=O)OC(C)(C)C)[C@H]1NC(C)=O)[C@H](O)CO. The Morgan fingerprint density at radius 2 is 1.55 bits per heavy atom. The third-order valence-corrected chi connectivity index (χ3v) is 4.57. The van der Waals surface area contributed by atoms with Crippen LogP contribution in [0, 0.1) is 0 Å². The molecule has 0 aromatic rings. The van der Waals surface area contributed by atoms with Gasteiger partial charge in [-0.1, -0.05) is 0 Å². The van der Waals surface area contributed by atoms with Crippen LogP contribution < -0.4 is 16.0 Å². The maximum atomic E-state index is 12.5. The number of carboxylic acid groups (broad SMARTS) is 1. The van der Waals surface area contributed by atoms with Gasteiger partial charge in [0.25, 0.3) is 0 Å². The van der Waals surface area contributed by atoms with Crippen molar-refractivity contribution in [3.63, 3.8) is 0 Å². The largest absolute Gasteiger partial charge is 0.478 e. The van der Waals surface area contributed by atoms with E-state index in [4.69, 9.17) is 18.9 Å². The zero-order chi connectivity index (χ0) is 29.4.